The molecule has 0 spiro atoms. The van der Waals surface area contributed by atoms with Gasteiger partial charge in [0.05, 0.1) is 0 Å². The Morgan fingerprint density at radius 2 is 1.67 bits per heavy atom. The second kappa shape index (κ2) is 17.1. The van der Waals surface area contributed by atoms with Crippen molar-refractivity contribution in [3.05, 3.63) is 77.8 Å². The molecular weight excluding hydrogens is 713 g/mol. The molecule has 0 unspecified atom stereocenters. The van der Waals surface area contributed by atoms with Crippen LogP contribution in [0.4, 0.5) is 5.69 Å². The molecule has 1 aliphatic carbocycles. The Balaban J connectivity index is 0.00000504. The first-order valence-corrected chi connectivity index (χ1v) is 18.8. The fourth-order valence-corrected chi connectivity index (χ4v) is 8.24. The lowest BCUT2D eigenvalue weighted by atomic mass is 9.81. The number of pyridine rings is 1. The molecule has 51 heavy (non-hydrogen) atoms. The standard InChI is InChI=1S/C35H42ClN9O4S.ClH/c36-35-41-33(42-43-35)24-8-10-29(11-9-24)45(34(47)25-6-4-22(19-37)5-7-25)31(32(38)46)17-23-2-1-3-26(16-23)27-18-30(21-40-20-27)50(48,49)44-28-12-14-39-15-13-28;/h1-3,8-11,16,18,20-22,25,28,31,39,44H,4-7,12-15,17,19,37H2,(H2,38,46)(H,41,42,43);1H/t22-,25-,31-;/m0./s1. The van der Waals surface area contributed by atoms with Gasteiger partial charge in [0.2, 0.25) is 27.1 Å². The quantitative estimate of drug-likeness (QED) is 0.142. The number of rotatable bonds is 12. The minimum absolute atomic E-state index is 0. The van der Waals surface area contributed by atoms with Gasteiger partial charge in [-0.1, -0.05) is 24.3 Å². The van der Waals surface area contributed by atoms with Gasteiger partial charge >= 0.3 is 0 Å². The Labute approximate surface area is 308 Å². The van der Waals surface area contributed by atoms with Crippen LogP contribution in [-0.4, -0.2) is 72.1 Å². The van der Waals surface area contributed by atoms with E-state index in [-0.39, 0.29) is 46.9 Å². The third-order valence-electron chi connectivity index (χ3n) is 9.66. The molecule has 1 aliphatic heterocycles. The molecule has 1 saturated carbocycles. The van der Waals surface area contributed by atoms with E-state index in [0.717, 1.165) is 31.5 Å². The minimum Gasteiger partial charge on any atom is -0.368 e. The number of sulfonamides is 1. The Kier molecular flexibility index (Phi) is 12.8. The van der Waals surface area contributed by atoms with Crippen molar-refractivity contribution in [2.75, 3.05) is 24.5 Å². The number of amides is 2. The number of hydrogen-bond donors (Lipinski definition) is 5. The van der Waals surface area contributed by atoms with Crippen LogP contribution in [0.3, 0.4) is 0 Å². The summed E-state index contributed by atoms with van der Waals surface area (Å²) in [5, 5.41) is 11.2. The summed E-state index contributed by atoms with van der Waals surface area (Å²) in [4.78, 5) is 36.3. The molecule has 2 aromatic carbocycles. The van der Waals surface area contributed by atoms with Gasteiger partial charge in [0, 0.05) is 47.6 Å². The van der Waals surface area contributed by atoms with Gasteiger partial charge in [-0.2, -0.15) is 0 Å². The zero-order valence-corrected chi connectivity index (χ0v) is 30.4. The average Bonchev–Trinajstić information content (AvgIpc) is 3.58. The molecule has 2 amide bonds. The molecule has 2 aliphatic rings. The predicted molar refractivity (Wildman–Crippen MR) is 199 cm³/mol. The fourth-order valence-electron chi connectivity index (χ4n) is 6.83. The number of benzene rings is 2. The van der Waals surface area contributed by atoms with Crippen molar-refractivity contribution in [3.63, 3.8) is 0 Å². The Bertz CT molecular complexity index is 1910. The van der Waals surface area contributed by atoms with E-state index in [0.29, 0.717) is 66.3 Å². The molecule has 13 nitrogen and oxygen atoms in total. The maximum Gasteiger partial charge on any atom is 0.242 e. The molecule has 0 bridgehead atoms. The highest BCUT2D eigenvalue weighted by atomic mass is 35.5. The summed E-state index contributed by atoms with van der Waals surface area (Å²) in [5.41, 5.74) is 15.3. The first-order valence-electron chi connectivity index (χ1n) is 16.9. The van der Waals surface area contributed by atoms with Gasteiger partial charge < -0.3 is 21.8 Å². The smallest absolute Gasteiger partial charge is 0.242 e. The molecule has 2 aromatic heterocycles. The predicted octanol–water partition coefficient (Wildman–Crippen LogP) is 3.83. The van der Waals surface area contributed by atoms with E-state index in [9.17, 15) is 18.0 Å². The van der Waals surface area contributed by atoms with Crippen LogP contribution < -0.4 is 26.4 Å². The number of carbonyl (C=O) groups excluding carboxylic acids is 2. The molecule has 16 heteroatoms. The van der Waals surface area contributed by atoms with Crippen LogP contribution >= 0.6 is 24.0 Å². The topological polar surface area (TPSA) is 202 Å². The lowest BCUT2D eigenvalue weighted by Crippen LogP contribution is -2.52. The lowest BCUT2D eigenvalue weighted by molar-refractivity contribution is -0.127. The number of piperidine rings is 1. The summed E-state index contributed by atoms with van der Waals surface area (Å²) in [6.45, 7) is 2.09. The van der Waals surface area contributed by atoms with Crippen molar-refractivity contribution in [1.29, 1.82) is 0 Å². The molecule has 1 saturated heterocycles. The molecule has 3 heterocycles. The Morgan fingerprint density at radius 1 is 0.941 bits per heavy atom. The van der Waals surface area contributed by atoms with E-state index in [1.807, 2.05) is 24.3 Å². The first-order chi connectivity index (χ1) is 24.1. The number of aromatic nitrogens is 4. The van der Waals surface area contributed by atoms with Crippen LogP contribution in [0, 0.1) is 11.8 Å². The number of nitrogens with two attached hydrogens (primary N) is 2. The molecule has 4 aromatic rings. The van der Waals surface area contributed by atoms with Gasteiger partial charge in [-0.05, 0) is 117 Å². The summed E-state index contributed by atoms with van der Waals surface area (Å²) in [6.07, 6.45) is 7.52. The van der Waals surface area contributed by atoms with Crippen LogP contribution in [0.15, 0.2) is 71.9 Å². The number of primary amides is 1. The third-order valence-corrected chi connectivity index (χ3v) is 11.3. The maximum atomic E-state index is 14.3. The van der Waals surface area contributed by atoms with Crippen molar-refractivity contribution in [2.45, 2.75) is 61.9 Å². The number of hydrogen-bond acceptors (Lipinski definition) is 9. The third kappa shape index (κ3) is 9.31. The normalized spacial score (nSPS) is 18.8. The number of aromatic amines is 1. The minimum atomic E-state index is -3.79. The summed E-state index contributed by atoms with van der Waals surface area (Å²) in [6, 6.07) is 14.9. The number of nitrogens with zero attached hydrogens (tertiary/aromatic N) is 4. The SMILES string of the molecule is Cl.NC[C@H]1CC[C@H](C(=O)N(c2ccc(-c3nnc(Cl)[nH]3)cc2)[C@@H](Cc2cccc(-c3cncc(S(=O)(=O)NC4CCNCC4)c3)c2)C(N)=O)CC1. The van der Waals surface area contributed by atoms with Gasteiger partial charge in [0.15, 0.2) is 5.82 Å². The van der Waals surface area contributed by atoms with Crippen molar-refractivity contribution in [3.8, 4) is 22.5 Å². The second-order valence-electron chi connectivity index (χ2n) is 13.1. The summed E-state index contributed by atoms with van der Waals surface area (Å²) < 4.78 is 29.3. The molecule has 7 N–H and O–H groups in total. The number of nitrogens with one attached hydrogen (secondary N) is 3. The highest BCUT2D eigenvalue weighted by Crippen LogP contribution is 2.33. The molecule has 0 radical (unpaired) electrons. The zero-order chi connectivity index (χ0) is 35.3. The first kappa shape index (κ1) is 38.3. The number of carbonyl (C=O) groups is 2. The van der Waals surface area contributed by atoms with Crippen molar-refractivity contribution < 1.29 is 18.0 Å². The van der Waals surface area contributed by atoms with E-state index in [1.54, 1.807) is 36.5 Å². The fraction of sp³-hybridized carbons (Fsp3) is 0.400. The summed E-state index contributed by atoms with van der Waals surface area (Å²) >= 11 is 5.93. The summed E-state index contributed by atoms with van der Waals surface area (Å²) in [7, 11) is -3.79. The molecule has 6 rings (SSSR count). The van der Waals surface area contributed by atoms with E-state index in [1.165, 1.54) is 11.1 Å². The maximum absolute atomic E-state index is 14.3. The molecular formula is C35H43Cl2N9O4S. The Morgan fingerprint density at radius 3 is 2.31 bits per heavy atom. The van der Waals surface area contributed by atoms with Gasteiger partial charge in [0.25, 0.3) is 0 Å². The highest BCUT2D eigenvalue weighted by Gasteiger charge is 2.36. The van der Waals surface area contributed by atoms with Gasteiger partial charge in [-0.25, -0.2) is 13.1 Å². The van der Waals surface area contributed by atoms with E-state index >= 15 is 0 Å². The second-order valence-corrected chi connectivity index (χ2v) is 15.1. The number of anilines is 1. The molecule has 2 fully saturated rings. The van der Waals surface area contributed by atoms with Crippen LogP contribution in [0.2, 0.25) is 5.28 Å². The van der Waals surface area contributed by atoms with Gasteiger partial charge in [0.1, 0.15) is 10.9 Å². The monoisotopic (exact) mass is 755 g/mol. The van der Waals surface area contributed by atoms with Gasteiger partial charge in [-0.3, -0.25) is 19.5 Å². The molecule has 1 atom stereocenters. The van der Waals surface area contributed by atoms with Crippen molar-refractivity contribution >= 4 is 51.5 Å². The number of halogens is 2. The van der Waals surface area contributed by atoms with Crippen LogP contribution in [-0.2, 0) is 26.0 Å². The zero-order valence-electron chi connectivity index (χ0n) is 28.0. The Hall–Kier alpha value is -3.92. The lowest BCUT2D eigenvalue weighted by Gasteiger charge is -2.35. The average molecular weight is 757 g/mol. The van der Waals surface area contributed by atoms with Crippen molar-refractivity contribution in [1.82, 2.24) is 30.2 Å². The largest absolute Gasteiger partial charge is 0.368 e. The molecule has 272 valence electrons. The van der Waals surface area contributed by atoms with Crippen molar-refractivity contribution in [2.24, 2.45) is 23.3 Å². The number of H-pyrrole nitrogens is 1. The van der Waals surface area contributed by atoms with Crippen LogP contribution in [0.5, 0.6) is 0 Å². The summed E-state index contributed by atoms with van der Waals surface area (Å²) in [5.74, 6) is -0.258. The highest BCUT2D eigenvalue weighted by molar-refractivity contribution is 7.89. The van der Waals surface area contributed by atoms with E-state index < -0.39 is 22.0 Å². The van der Waals surface area contributed by atoms with E-state index in [2.05, 4.69) is 30.2 Å². The van der Waals surface area contributed by atoms with E-state index in [4.69, 9.17) is 23.1 Å². The van der Waals surface area contributed by atoms with Crippen LogP contribution in [0.25, 0.3) is 22.5 Å². The van der Waals surface area contributed by atoms with Crippen LogP contribution in [0.1, 0.15) is 44.1 Å². The van der Waals surface area contributed by atoms with Gasteiger partial charge in [-0.15, -0.1) is 22.6 Å².